The molecule has 24 heavy (non-hydrogen) atoms. The number of rotatable bonds is 3. The Morgan fingerprint density at radius 2 is 1.25 bits per heavy atom. The van der Waals surface area contributed by atoms with Gasteiger partial charge in [-0.25, -0.2) is 0 Å². The molecule has 0 amide bonds. The third-order valence-corrected chi connectivity index (χ3v) is 4.72. The molecule has 1 rings (SSSR count). The molecular weight excluding hydrogens is 298 g/mol. The third-order valence-electron chi connectivity index (χ3n) is 4.72. The number of hydrogen-bond donors (Lipinski definition) is 3. The van der Waals surface area contributed by atoms with Crippen LogP contribution in [0.4, 0.5) is 0 Å². The topological polar surface area (TPSA) is 66.5 Å². The number of aliphatic hydroxyl groups excluding tert-OH is 1. The van der Waals surface area contributed by atoms with Gasteiger partial charge in [-0.2, -0.15) is 0 Å². The molecule has 1 aromatic carbocycles. The predicted molar refractivity (Wildman–Crippen MR) is 103 cm³/mol. The maximum Gasteiger partial charge on any atom is 0.123 e. The van der Waals surface area contributed by atoms with Gasteiger partial charge in [0.15, 0.2) is 0 Å². The molecule has 0 fully saturated rings. The van der Waals surface area contributed by atoms with Crippen LogP contribution in [0, 0.1) is 5.41 Å². The Hall–Kier alpha value is -1.06. The molecule has 0 spiro atoms. The van der Waals surface area contributed by atoms with Crippen LogP contribution in [-0.2, 0) is 10.8 Å². The van der Waals surface area contributed by atoms with Crippen LogP contribution in [0.15, 0.2) is 12.1 Å². The van der Waals surface area contributed by atoms with Crippen molar-refractivity contribution >= 4 is 0 Å². The van der Waals surface area contributed by atoms with Crippen LogP contribution >= 0.6 is 0 Å². The van der Waals surface area contributed by atoms with E-state index in [0.29, 0.717) is 12.2 Å². The number of aromatic hydroxyl groups is 1. The highest BCUT2D eigenvalue weighted by Crippen LogP contribution is 2.41. The molecule has 0 heterocycles. The van der Waals surface area contributed by atoms with Gasteiger partial charge in [0, 0.05) is 6.04 Å². The van der Waals surface area contributed by atoms with E-state index in [1.165, 1.54) is 0 Å². The summed E-state index contributed by atoms with van der Waals surface area (Å²) in [6.07, 6.45) is -0.136. The van der Waals surface area contributed by atoms with Gasteiger partial charge in [0.1, 0.15) is 5.75 Å². The first-order chi connectivity index (χ1) is 10.5. The molecular formula is C21H37NO2. The maximum atomic E-state index is 10.8. The number of phenols is 1. The Morgan fingerprint density at radius 3 is 1.54 bits per heavy atom. The van der Waals surface area contributed by atoms with Crippen LogP contribution in [0.3, 0.4) is 0 Å². The SMILES string of the molecule is CC(C)(C)c1cc([C@H](O)C[C@H](N)C(C)(C)C)cc(C(C)(C)C)c1O. The average molecular weight is 336 g/mol. The minimum absolute atomic E-state index is 0.0579. The number of benzene rings is 1. The van der Waals surface area contributed by atoms with Crippen molar-refractivity contribution in [3.63, 3.8) is 0 Å². The highest BCUT2D eigenvalue weighted by molar-refractivity contribution is 5.50. The molecule has 0 unspecified atom stereocenters. The highest BCUT2D eigenvalue weighted by atomic mass is 16.3. The zero-order valence-corrected chi connectivity index (χ0v) is 17.0. The van der Waals surface area contributed by atoms with Crippen LogP contribution in [0.5, 0.6) is 5.75 Å². The lowest BCUT2D eigenvalue weighted by atomic mass is 9.77. The molecule has 0 saturated carbocycles. The summed E-state index contributed by atoms with van der Waals surface area (Å²) in [4.78, 5) is 0. The van der Waals surface area contributed by atoms with Crippen molar-refractivity contribution in [2.24, 2.45) is 11.1 Å². The summed E-state index contributed by atoms with van der Waals surface area (Å²) in [5.41, 5.74) is 8.37. The van der Waals surface area contributed by atoms with Gasteiger partial charge in [-0.15, -0.1) is 0 Å². The monoisotopic (exact) mass is 335 g/mol. The molecule has 138 valence electrons. The normalized spacial score (nSPS) is 16.1. The Labute approximate surface area is 148 Å². The van der Waals surface area contributed by atoms with Crippen LogP contribution < -0.4 is 5.73 Å². The smallest absolute Gasteiger partial charge is 0.123 e. The van der Waals surface area contributed by atoms with E-state index in [1.54, 1.807) is 0 Å². The first-order valence-electron chi connectivity index (χ1n) is 8.86. The van der Waals surface area contributed by atoms with E-state index < -0.39 is 6.10 Å². The summed E-state index contributed by atoms with van der Waals surface area (Å²) in [7, 11) is 0. The molecule has 0 aliphatic carbocycles. The van der Waals surface area contributed by atoms with Crippen molar-refractivity contribution in [3.05, 3.63) is 28.8 Å². The van der Waals surface area contributed by atoms with Crippen molar-refractivity contribution in [1.82, 2.24) is 0 Å². The lowest BCUT2D eigenvalue weighted by molar-refractivity contribution is 0.133. The first-order valence-corrected chi connectivity index (χ1v) is 8.86. The van der Waals surface area contributed by atoms with E-state index in [0.717, 1.165) is 16.7 Å². The van der Waals surface area contributed by atoms with Crippen molar-refractivity contribution in [2.75, 3.05) is 0 Å². The van der Waals surface area contributed by atoms with Gasteiger partial charge in [0.05, 0.1) is 6.10 Å². The average Bonchev–Trinajstić information content (AvgIpc) is 2.34. The standard InChI is InChI=1S/C21H37NO2/c1-19(2,3)14-10-13(11-15(18(14)24)20(4,5)6)16(23)12-17(22)21(7,8)9/h10-11,16-17,23-24H,12,22H2,1-9H3/t16-,17+/m1/s1. The van der Waals surface area contributed by atoms with E-state index in [4.69, 9.17) is 5.73 Å². The summed E-state index contributed by atoms with van der Waals surface area (Å²) in [6.45, 7) is 18.7. The lowest BCUT2D eigenvalue weighted by Gasteiger charge is -2.31. The molecule has 0 aliphatic heterocycles. The molecule has 4 N–H and O–H groups in total. The van der Waals surface area contributed by atoms with Gasteiger partial charge in [-0.3, -0.25) is 0 Å². The van der Waals surface area contributed by atoms with E-state index in [1.807, 2.05) is 12.1 Å². The fraction of sp³-hybridized carbons (Fsp3) is 0.714. The summed E-state index contributed by atoms with van der Waals surface area (Å²) in [5, 5.41) is 21.5. The van der Waals surface area contributed by atoms with Crippen LogP contribution in [0.2, 0.25) is 0 Å². The molecule has 0 aliphatic rings. The summed E-state index contributed by atoms with van der Waals surface area (Å²) in [6, 6.07) is 3.77. The zero-order valence-electron chi connectivity index (χ0n) is 17.0. The molecule has 0 aromatic heterocycles. The van der Waals surface area contributed by atoms with Crippen molar-refractivity contribution in [2.45, 2.75) is 91.7 Å². The van der Waals surface area contributed by atoms with Crippen LogP contribution in [-0.4, -0.2) is 16.3 Å². The van der Waals surface area contributed by atoms with Gasteiger partial charge in [0.25, 0.3) is 0 Å². The molecule has 1 aromatic rings. The number of hydrogen-bond acceptors (Lipinski definition) is 3. The Bertz CT molecular complexity index is 536. The molecule has 2 atom stereocenters. The Balaban J connectivity index is 3.39. The van der Waals surface area contributed by atoms with Gasteiger partial charge in [-0.05, 0) is 51.5 Å². The highest BCUT2D eigenvalue weighted by Gasteiger charge is 2.29. The van der Waals surface area contributed by atoms with E-state index in [2.05, 4.69) is 62.3 Å². The fourth-order valence-electron chi connectivity index (χ4n) is 2.72. The molecule has 3 heteroatoms. The second kappa shape index (κ2) is 6.68. The minimum atomic E-state index is -0.637. The predicted octanol–water partition coefficient (Wildman–Crippen LogP) is 4.78. The van der Waals surface area contributed by atoms with Gasteiger partial charge in [-0.1, -0.05) is 62.3 Å². The van der Waals surface area contributed by atoms with Gasteiger partial charge < -0.3 is 15.9 Å². The quantitative estimate of drug-likeness (QED) is 0.744. The van der Waals surface area contributed by atoms with Crippen molar-refractivity contribution < 1.29 is 10.2 Å². The molecule has 0 saturated heterocycles. The first kappa shape index (κ1) is 21.0. The lowest BCUT2D eigenvalue weighted by Crippen LogP contribution is -2.36. The van der Waals surface area contributed by atoms with Gasteiger partial charge >= 0.3 is 0 Å². The second-order valence-corrected chi connectivity index (χ2v) is 10.2. The Morgan fingerprint density at radius 1 is 0.875 bits per heavy atom. The third kappa shape index (κ3) is 4.97. The van der Waals surface area contributed by atoms with Crippen LogP contribution in [0.1, 0.15) is 91.5 Å². The molecule has 0 radical (unpaired) electrons. The van der Waals surface area contributed by atoms with Crippen LogP contribution in [0.25, 0.3) is 0 Å². The molecule has 0 bridgehead atoms. The fourth-order valence-corrected chi connectivity index (χ4v) is 2.72. The Kier molecular flexibility index (Phi) is 5.84. The minimum Gasteiger partial charge on any atom is -0.507 e. The van der Waals surface area contributed by atoms with E-state index in [-0.39, 0.29) is 22.3 Å². The van der Waals surface area contributed by atoms with Gasteiger partial charge in [0.2, 0.25) is 0 Å². The number of nitrogens with two attached hydrogens (primary N) is 1. The molecule has 3 nitrogen and oxygen atoms in total. The summed E-state index contributed by atoms with van der Waals surface area (Å²) >= 11 is 0. The summed E-state index contributed by atoms with van der Waals surface area (Å²) in [5.74, 6) is 0.339. The zero-order chi connectivity index (χ0) is 19.1. The van der Waals surface area contributed by atoms with E-state index in [9.17, 15) is 10.2 Å². The number of aliphatic hydroxyl groups is 1. The number of phenolic OH excluding ortho intramolecular Hbond substituents is 1. The van der Waals surface area contributed by atoms with E-state index >= 15 is 0 Å². The maximum absolute atomic E-state index is 10.8. The second-order valence-electron chi connectivity index (χ2n) is 10.2. The largest absolute Gasteiger partial charge is 0.507 e. The van der Waals surface area contributed by atoms with Crippen molar-refractivity contribution in [3.8, 4) is 5.75 Å². The summed E-state index contributed by atoms with van der Waals surface area (Å²) < 4.78 is 0. The van der Waals surface area contributed by atoms with Crippen molar-refractivity contribution in [1.29, 1.82) is 0 Å².